The minimum Gasteiger partial charge on any atom is -0.326 e. The number of benzene rings is 1. The number of carbonyl (C=O) groups is 1. The van der Waals surface area contributed by atoms with Crippen LogP contribution in [0.1, 0.15) is 24.8 Å². The maximum atomic E-state index is 13.0. The summed E-state index contributed by atoms with van der Waals surface area (Å²) in [5.41, 5.74) is 0.256. The molecule has 2 saturated heterocycles. The molecule has 0 spiro atoms. The molecule has 4 rings (SSSR count). The molecule has 182 valence electrons. The Morgan fingerprint density at radius 2 is 1.88 bits per heavy atom. The molecular formula is C22H28F3N3O3S2. The molecule has 1 unspecified atom stereocenters. The van der Waals surface area contributed by atoms with Crippen LogP contribution in [0.5, 0.6) is 0 Å². The number of amides is 1. The van der Waals surface area contributed by atoms with E-state index < -0.39 is 21.8 Å². The molecule has 1 atom stereocenters. The van der Waals surface area contributed by atoms with Crippen molar-refractivity contribution < 1.29 is 26.4 Å². The second-order valence-corrected chi connectivity index (χ2v) is 11.9. The van der Waals surface area contributed by atoms with Crippen LogP contribution in [0.15, 0.2) is 40.8 Å². The number of halogens is 3. The predicted octanol–water partition coefficient (Wildman–Crippen LogP) is 3.27. The molecule has 0 aromatic heterocycles. The van der Waals surface area contributed by atoms with E-state index in [4.69, 9.17) is 0 Å². The largest absolute Gasteiger partial charge is 0.416 e. The highest BCUT2D eigenvalue weighted by molar-refractivity contribution is 8.01. The van der Waals surface area contributed by atoms with Gasteiger partial charge in [-0.05, 0) is 56.0 Å². The highest BCUT2D eigenvalue weighted by atomic mass is 32.2. The fraction of sp³-hybridized carbons (Fsp3) is 0.591. The van der Waals surface area contributed by atoms with Crippen molar-refractivity contribution >= 4 is 27.7 Å². The number of likely N-dealkylation sites (N-methyl/N-ethyl adjacent to an activating group) is 1. The van der Waals surface area contributed by atoms with Gasteiger partial charge in [-0.25, -0.2) is 8.42 Å². The van der Waals surface area contributed by atoms with E-state index in [0.717, 1.165) is 31.6 Å². The summed E-state index contributed by atoms with van der Waals surface area (Å²) in [7, 11) is -1.95. The van der Waals surface area contributed by atoms with Gasteiger partial charge in [0.25, 0.3) is 0 Å². The Morgan fingerprint density at radius 3 is 2.55 bits per heavy atom. The third-order valence-electron chi connectivity index (χ3n) is 6.50. The Balaban J connectivity index is 1.42. The highest BCUT2D eigenvalue weighted by Gasteiger charge is 2.41. The SMILES string of the molecule is CN1CCC=C(CN2C(=O)CSC2C2CCN(S(=O)(=O)c3cccc(C(F)(F)F)c3)CC2)C1. The molecule has 2 fully saturated rings. The van der Waals surface area contributed by atoms with E-state index in [1.807, 2.05) is 4.90 Å². The summed E-state index contributed by atoms with van der Waals surface area (Å²) in [6.45, 7) is 2.91. The second kappa shape index (κ2) is 9.59. The summed E-state index contributed by atoms with van der Waals surface area (Å²) in [6, 6.07) is 3.90. The molecule has 1 aromatic rings. The third kappa shape index (κ3) is 5.41. The van der Waals surface area contributed by atoms with Crippen LogP contribution in [0.3, 0.4) is 0 Å². The predicted molar refractivity (Wildman–Crippen MR) is 121 cm³/mol. The van der Waals surface area contributed by atoms with E-state index >= 15 is 0 Å². The molecule has 3 aliphatic heterocycles. The number of hydrogen-bond acceptors (Lipinski definition) is 5. The standard InChI is InChI=1S/C22H28F3N3O3S2/c1-26-9-3-4-16(13-26)14-28-20(29)15-32-21(28)17-7-10-27(11-8-17)33(30,31)19-6-2-5-18(12-19)22(23,24)25/h2,4-6,12,17,21H,3,7-11,13-15H2,1H3. The Morgan fingerprint density at radius 1 is 1.15 bits per heavy atom. The number of sulfonamides is 1. The number of hydrogen-bond donors (Lipinski definition) is 0. The molecule has 1 aromatic carbocycles. The van der Waals surface area contributed by atoms with E-state index in [1.165, 1.54) is 15.9 Å². The molecule has 0 N–H and O–H groups in total. The molecule has 3 aliphatic rings. The molecule has 6 nitrogen and oxygen atoms in total. The van der Waals surface area contributed by atoms with Gasteiger partial charge in [-0.3, -0.25) is 4.79 Å². The lowest BCUT2D eigenvalue weighted by Gasteiger charge is -2.37. The fourth-order valence-electron chi connectivity index (χ4n) is 4.74. The average Bonchev–Trinajstić information content (AvgIpc) is 3.13. The monoisotopic (exact) mass is 503 g/mol. The first-order valence-electron chi connectivity index (χ1n) is 11.0. The summed E-state index contributed by atoms with van der Waals surface area (Å²) in [5, 5.41) is 0.00374. The van der Waals surface area contributed by atoms with Crippen molar-refractivity contribution in [2.24, 2.45) is 5.92 Å². The van der Waals surface area contributed by atoms with Gasteiger partial charge in [0, 0.05) is 32.7 Å². The van der Waals surface area contributed by atoms with E-state index in [-0.39, 0.29) is 35.2 Å². The Kier molecular flexibility index (Phi) is 7.14. The van der Waals surface area contributed by atoms with Crippen molar-refractivity contribution in [3.05, 3.63) is 41.5 Å². The van der Waals surface area contributed by atoms with Crippen molar-refractivity contribution in [2.75, 3.05) is 45.5 Å². The quantitative estimate of drug-likeness (QED) is 0.578. The number of alkyl halides is 3. The van der Waals surface area contributed by atoms with Crippen LogP contribution in [0.2, 0.25) is 0 Å². The van der Waals surface area contributed by atoms with Crippen molar-refractivity contribution in [3.8, 4) is 0 Å². The van der Waals surface area contributed by atoms with Crippen LogP contribution < -0.4 is 0 Å². The maximum Gasteiger partial charge on any atom is 0.416 e. The molecule has 0 bridgehead atoms. The average molecular weight is 504 g/mol. The number of piperidine rings is 1. The van der Waals surface area contributed by atoms with Crippen LogP contribution in [0, 0.1) is 5.92 Å². The number of nitrogens with zero attached hydrogens (tertiary/aromatic N) is 3. The Bertz CT molecular complexity index is 1020. The third-order valence-corrected chi connectivity index (χ3v) is 9.79. The zero-order valence-corrected chi connectivity index (χ0v) is 20.1. The van der Waals surface area contributed by atoms with Crippen molar-refractivity contribution in [2.45, 2.75) is 35.7 Å². The Hall–Kier alpha value is -1.56. The normalized spacial score (nSPS) is 24.4. The number of carbonyl (C=O) groups excluding carboxylic acids is 1. The Labute approximate surface area is 196 Å². The van der Waals surface area contributed by atoms with E-state index in [1.54, 1.807) is 11.8 Å². The van der Waals surface area contributed by atoms with Gasteiger partial charge >= 0.3 is 6.18 Å². The highest BCUT2D eigenvalue weighted by Crippen LogP contribution is 2.38. The topological polar surface area (TPSA) is 60.9 Å². The van der Waals surface area contributed by atoms with Crippen LogP contribution >= 0.6 is 11.8 Å². The molecule has 0 saturated carbocycles. The van der Waals surface area contributed by atoms with Gasteiger partial charge in [0.15, 0.2) is 0 Å². The first-order chi connectivity index (χ1) is 15.6. The summed E-state index contributed by atoms with van der Waals surface area (Å²) >= 11 is 1.61. The minimum absolute atomic E-state index is 0.00374. The first-order valence-corrected chi connectivity index (χ1v) is 13.5. The summed E-state index contributed by atoms with van der Waals surface area (Å²) in [6.07, 6.45) is -0.289. The van der Waals surface area contributed by atoms with Gasteiger partial charge in [-0.2, -0.15) is 17.5 Å². The zero-order valence-electron chi connectivity index (χ0n) is 18.4. The molecule has 0 aliphatic carbocycles. The van der Waals surface area contributed by atoms with Crippen LogP contribution in [0.4, 0.5) is 13.2 Å². The van der Waals surface area contributed by atoms with Crippen LogP contribution in [0.25, 0.3) is 0 Å². The molecule has 33 heavy (non-hydrogen) atoms. The lowest BCUT2D eigenvalue weighted by atomic mass is 9.96. The van der Waals surface area contributed by atoms with Crippen LogP contribution in [-0.4, -0.2) is 79.3 Å². The van der Waals surface area contributed by atoms with Gasteiger partial charge in [0.05, 0.1) is 21.6 Å². The number of thioether (sulfide) groups is 1. The lowest BCUT2D eigenvalue weighted by Crippen LogP contribution is -2.46. The lowest BCUT2D eigenvalue weighted by molar-refractivity contribution is -0.137. The van der Waals surface area contributed by atoms with Gasteiger partial charge in [-0.1, -0.05) is 12.1 Å². The second-order valence-electron chi connectivity index (χ2n) is 8.88. The van der Waals surface area contributed by atoms with Gasteiger partial charge in [0.2, 0.25) is 15.9 Å². The van der Waals surface area contributed by atoms with Crippen LogP contribution in [-0.2, 0) is 21.0 Å². The fourth-order valence-corrected chi connectivity index (χ4v) is 7.65. The first kappa shape index (κ1) is 24.6. The minimum atomic E-state index is -4.60. The summed E-state index contributed by atoms with van der Waals surface area (Å²) in [4.78, 5) is 16.4. The van der Waals surface area contributed by atoms with Crippen molar-refractivity contribution in [3.63, 3.8) is 0 Å². The summed E-state index contributed by atoms with van der Waals surface area (Å²) < 4.78 is 66.3. The van der Waals surface area contributed by atoms with Crippen molar-refractivity contribution in [1.29, 1.82) is 0 Å². The van der Waals surface area contributed by atoms with Crippen molar-refractivity contribution in [1.82, 2.24) is 14.1 Å². The molecule has 3 heterocycles. The van der Waals surface area contributed by atoms with Gasteiger partial charge in [-0.15, -0.1) is 11.8 Å². The molecule has 11 heteroatoms. The molecule has 1 amide bonds. The van der Waals surface area contributed by atoms with E-state index in [2.05, 4.69) is 18.0 Å². The number of rotatable bonds is 5. The molecule has 0 radical (unpaired) electrons. The smallest absolute Gasteiger partial charge is 0.326 e. The zero-order chi connectivity index (χ0) is 23.8. The summed E-state index contributed by atoms with van der Waals surface area (Å²) in [5.74, 6) is 0.686. The maximum absolute atomic E-state index is 13.0. The van der Waals surface area contributed by atoms with Gasteiger partial charge in [0.1, 0.15) is 0 Å². The molecular weight excluding hydrogens is 475 g/mol. The van der Waals surface area contributed by atoms with E-state index in [0.29, 0.717) is 31.2 Å². The van der Waals surface area contributed by atoms with E-state index in [9.17, 15) is 26.4 Å². The van der Waals surface area contributed by atoms with Gasteiger partial charge < -0.3 is 9.80 Å².